The molecular weight excluding hydrogens is 454 g/mol. The van der Waals surface area contributed by atoms with Crippen molar-refractivity contribution in [3.8, 4) is 0 Å². The molecule has 1 saturated heterocycles. The number of nitro benzene ring substituents is 1. The van der Waals surface area contributed by atoms with Gasteiger partial charge in [0.25, 0.3) is 21.6 Å². The van der Waals surface area contributed by atoms with Gasteiger partial charge in [-0.15, -0.1) is 0 Å². The lowest BCUT2D eigenvalue weighted by Gasteiger charge is -2.25. The number of amides is 1. The van der Waals surface area contributed by atoms with Crippen molar-refractivity contribution >= 4 is 27.3 Å². The van der Waals surface area contributed by atoms with Crippen molar-refractivity contribution in [2.75, 3.05) is 11.3 Å². The van der Waals surface area contributed by atoms with Gasteiger partial charge in [0.2, 0.25) is 0 Å². The van der Waals surface area contributed by atoms with Gasteiger partial charge in [-0.25, -0.2) is 8.42 Å². The van der Waals surface area contributed by atoms with Gasteiger partial charge in [0, 0.05) is 35.5 Å². The highest BCUT2D eigenvalue weighted by Gasteiger charge is 2.29. The lowest BCUT2D eigenvalue weighted by molar-refractivity contribution is -0.385. The molecule has 0 aromatic heterocycles. The summed E-state index contributed by atoms with van der Waals surface area (Å²) in [6.45, 7) is 2.24. The molecular formula is C25H25N3O5S. The van der Waals surface area contributed by atoms with Gasteiger partial charge in [-0.2, -0.15) is 0 Å². The van der Waals surface area contributed by atoms with Crippen molar-refractivity contribution in [2.24, 2.45) is 0 Å². The Hall–Kier alpha value is -3.72. The second kappa shape index (κ2) is 9.64. The first-order valence-electron chi connectivity index (χ1n) is 11.0. The number of nitro groups is 1. The Balaban J connectivity index is 1.47. The monoisotopic (exact) mass is 479 g/mol. The van der Waals surface area contributed by atoms with Gasteiger partial charge in [0.15, 0.2) is 0 Å². The summed E-state index contributed by atoms with van der Waals surface area (Å²) >= 11 is 0. The molecule has 1 aliphatic rings. The molecule has 1 fully saturated rings. The van der Waals surface area contributed by atoms with Crippen molar-refractivity contribution in [3.63, 3.8) is 0 Å². The average Bonchev–Trinajstić information content (AvgIpc) is 3.27. The maximum atomic E-state index is 13.1. The molecule has 34 heavy (non-hydrogen) atoms. The molecule has 0 unspecified atom stereocenters. The Morgan fingerprint density at radius 1 is 1.09 bits per heavy atom. The van der Waals surface area contributed by atoms with E-state index in [1.165, 1.54) is 29.8 Å². The summed E-state index contributed by atoms with van der Waals surface area (Å²) in [5.41, 5.74) is 2.04. The Kier molecular flexibility index (Phi) is 6.65. The third-order valence-electron chi connectivity index (χ3n) is 6.02. The zero-order valence-corrected chi connectivity index (χ0v) is 19.5. The predicted molar refractivity (Wildman–Crippen MR) is 129 cm³/mol. The minimum absolute atomic E-state index is 0.0815. The van der Waals surface area contributed by atoms with Crippen LogP contribution in [0.4, 0.5) is 11.4 Å². The first kappa shape index (κ1) is 23.4. The van der Waals surface area contributed by atoms with E-state index in [9.17, 15) is 23.3 Å². The van der Waals surface area contributed by atoms with Crippen LogP contribution in [0.1, 0.15) is 34.3 Å². The number of aryl methyl sites for hydroxylation is 1. The van der Waals surface area contributed by atoms with Gasteiger partial charge in [0.05, 0.1) is 9.82 Å². The summed E-state index contributed by atoms with van der Waals surface area (Å²) in [6, 6.07) is 20.2. The minimum atomic E-state index is -4.03. The zero-order valence-electron chi connectivity index (χ0n) is 18.7. The quantitative estimate of drug-likeness (QED) is 0.395. The first-order valence-corrected chi connectivity index (χ1v) is 12.5. The second-order valence-electron chi connectivity index (χ2n) is 8.37. The minimum Gasteiger partial charge on any atom is -0.335 e. The van der Waals surface area contributed by atoms with Crippen LogP contribution in [-0.2, 0) is 16.4 Å². The van der Waals surface area contributed by atoms with E-state index in [2.05, 4.69) is 16.9 Å². The van der Waals surface area contributed by atoms with E-state index in [1.54, 1.807) is 19.1 Å². The number of nitrogens with one attached hydrogen (secondary N) is 1. The molecule has 1 amide bonds. The molecule has 1 N–H and O–H groups in total. The van der Waals surface area contributed by atoms with E-state index in [1.807, 2.05) is 23.1 Å². The topological polar surface area (TPSA) is 110 Å². The number of likely N-dealkylation sites (tertiary alicyclic amines) is 1. The van der Waals surface area contributed by atoms with E-state index in [0.717, 1.165) is 25.3 Å². The average molecular weight is 480 g/mol. The number of hydrogen-bond acceptors (Lipinski definition) is 5. The standard InChI is InChI=1S/C25H25N3O5S/c1-18-9-14-23(17-24(18)28(30)31)34(32,33)26-21-12-10-20(11-13-21)25(29)27-15-5-8-22(27)16-19-6-3-2-4-7-19/h2-4,6-7,9-14,17,22,26H,5,8,15-16H2,1H3/t22-/m1/s1. The molecule has 4 rings (SSSR count). The smallest absolute Gasteiger partial charge is 0.273 e. The van der Waals surface area contributed by atoms with Crippen molar-refractivity contribution in [1.29, 1.82) is 0 Å². The fourth-order valence-electron chi connectivity index (χ4n) is 4.22. The summed E-state index contributed by atoms with van der Waals surface area (Å²) in [5.74, 6) is -0.0815. The maximum absolute atomic E-state index is 13.1. The van der Waals surface area contributed by atoms with Gasteiger partial charge in [-0.1, -0.05) is 36.4 Å². The second-order valence-corrected chi connectivity index (χ2v) is 10.1. The van der Waals surface area contributed by atoms with Crippen LogP contribution in [0.15, 0.2) is 77.7 Å². The fourth-order valence-corrected chi connectivity index (χ4v) is 5.29. The summed E-state index contributed by atoms with van der Waals surface area (Å²) in [4.78, 5) is 25.3. The van der Waals surface area contributed by atoms with Crippen LogP contribution in [0.5, 0.6) is 0 Å². The molecule has 0 bridgehead atoms. The molecule has 0 aliphatic carbocycles. The number of anilines is 1. The van der Waals surface area contributed by atoms with E-state index < -0.39 is 14.9 Å². The molecule has 0 radical (unpaired) electrons. The van der Waals surface area contributed by atoms with Gasteiger partial charge < -0.3 is 4.90 Å². The molecule has 1 aliphatic heterocycles. The lowest BCUT2D eigenvalue weighted by atomic mass is 10.0. The van der Waals surface area contributed by atoms with Gasteiger partial charge in [-0.3, -0.25) is 19.6 Å². The Bertz CT molecular complexity index is 1310. The molecule has 3 aromatic rings. The number of hydrogen-bond donors (Lipinski definition) is 1. The third-order valence-corrected chi connectivity index (χ3v) is 7.40. The number of carbonyl (C=O) groups excluding carboxylic acids is 1. The number of carbonyl (C=O) groups is 1. The Morgan fingerprint density at radius 3 is 2.47 bits per heavy atom. The van der Waals surface area contributed by atoms with Crippen LogP contribution >= 0.6 is 0 Å². The third kappa shape index (κ3) is 5.09. The lowest BCUT2D eigenvalue weighted by Crippen LogP contribution is -2.36. The Morgan fingerprint density at radius 2 is 1.79 bits per heavy atom. The molecule has 0 saturated carbocycles. The van der Waals surface area contributed by atoms with E-state index >= 15 is 0 Å². The largest absolute Gasteiger partial charge is 0.335 e. The number of benzene rings is 3. The summed E-state index contributed by atoms with van der Waals surface area (Å²) in [5, 5.41) is 11.1. The van der Waals surface area contributed by atoms with E-state index in [4.69, 9.17) is 0 Å². The molecule has 1 heterocycles. The van der Waals surface area contributed by atoms with Gasteiger partial charge >= 0.3 is 0 Å². The summed E-state index contributed by atoms with van der Waals surface area (Å²) in [6.07, 6.45) is 2.69. The maximum Gasteiger partial charge on any atom is 0.273 e. The first-order chi connectivity index (χ1) is 16.2. The van der Waals surface area contributed by atoms with Gasteiger partial charge in [-0.05, 0) is 62.1 Å². The van der Waals surface area contributed by atoms with Crippen LogP contribution < -0.4 is 4.72 Å². The fraction of sp³-hybridized carbons (Fsp3) is 0.240. The van der Waals surface area contributed by atoms with E-state index in [-0.39, 0.29) is 28.2 Å². The van der Waals surface area contributed by atoms with Crippen LogP contribution in [0, 0.1) is 17.0 Å². The van der Waals surface area contributed by atoms with Crippen molar-refractivity contribution in [1.82, 2.24) is 4.90 Å². The number of sulfonamides is 1. The molecule has 176 valence electrons. The SMILES string of the molecule is Cc1ccc(S(=O)(=O)Nc2ccc(C(=O)N3CCC[C@@H]3Cc3ccccc3)cc2)cc1[N+](=O)[O-]. The van der Waals surface area contributed by atoms with Gasteiger partial charge in [0.1, 0.15) is 0 Å². The van der Waals surface area contributed by atoms with Crippen molar-refractivity contribution in [3.05, 3.63) is 99.6 Å². The Labute approximate surface area is 198 Å². The van der Waals surface area contributed by atoms with Crippen LogP contribution in [-0.4, -0.2) is 36.7 Å². The van der Waals surface area contributed by atoms with Crippen LogP contribution in [0.25, 0.3) is 0 Å². The highest BCUT2D eigenvalue weighted by molar-refractivity contribution is 7.92. The number of rotatable bonds is 7. The highest BCUT2D eigenvalue weighted by atomic mass is 32.2. The van der Waals surface area contributed by atoms with Crippen LogP contribution in [0.3, 0.4) is 0 Å². The predicted octanol–water partition coefficient (Wildman–Crippen LogP) is 4.55. The molecule has 3 aromatic carbocycles. The van der Waals surface area contributed by atoms with Crippen molar-refractivity contribution in [2.45, 2.75) is 37.1 Å². The molecule has 8 nitrogen and oxygen atoms in total. The zero-order chi connectivity index (χ0) is 24.3. The molecule has 0 spiro atoms. The summed E-state index contributed by atoms with van der Waals surface area (Å²) in [7, 11) is -4.03. The molecule has 9 heteroatoms. The van der Waals surface area contributed by atoms with Crippen LogP contribution in [0.2, 0.25) is 0 Å². The number of nitrogens with zero attached hydrogens (tertiary/aromatic N) is 2. The highest BCUT2D eigenvalue weighted by Crippen LogP contribution is 2.26. The van der Waals surface area contributed by atoms with E-state index in [0.29, 0.717) is 17.7 Å². The summed E-state index contributed by atoms with van der Waals surface area (Å²) < 4.78 is 27.9. The normalized spacial score (nSPS) is 15.8. The molecule has 1 atom stereocenters. The van der Waals surface area contributed by atoms with Crippen molar-refractivity contribution < 1.29 is 18.1 Å².